The molecule has 0 aliphatic carbocycles. The molecular formula is C24H22N2O2S. The predicted octanol–water partition coefficient (Wildman–Crippen LogP) is 5.66. The van der Waals surface area contributed by atoms with Crippen LogP contribution in [0.15, 0.2) is 82.8 Å². The first-order chi connectivity index (χ1) is 14.3. The topological polar surface area (TPSA) is 34.1 Å². The number of hydrogen-bond donors (Lipinski definition) is 0. The highest BCUT2D eigenvalue weighted by Gasteiger charge is 2.40. The van der Waals surface area contributed by atoms with Crippen molar-refractivity contribution in [2.45, 2.75) is 23.6 Å². The van der Waals surface area contributed by atoms with Gasteiger partial charge in [0.2, 0.25) is 6.23 Å². The van der Waals surface area contributed by atoms with E-state index in [4.69, 9.17) is 14.6 Å². The predicted molar refractivity (Wildman–Crippen MR) is 117 cm³/mol. The lowest BCUT2D eigenvalue weighted by Gasteiger charge is -2.38. The summed E-state index contributed by atoms with van der Waals surface area (Å²) in [5, 5.41) is 7.14. The molecule has 0 fully saturated rings. The number of nitrogens with zero attached hydrogens (tertiary/aromatic N) is 2. The Kier molecular flexibility index (Phi) is 4.68. The van der Waals surface area contributed by atoms with Crippen LogP contribution in [-0.2, 0) is 0 Å². The number of thioether (sulfide) groups is 1. The summed E-state index contributed by atoms with van der Waals surface area (Å²) < 4.78 is 11.7. The summed E-state index contributed by atoms with van der Waals surface area (Å²) in [7, 11) is 1.68. The van der Waals surface area contributed by atoms with Crippen LogP contribution < -0.4 is 9.47 Å². The van der Waals surface area contributed by atoms with Gasteiger partial charge in [-0.3, -0.25) is 0 Å². The lowest BCUT2D eigenvalue weighted by molar-refractivity contribution is -0.0190. The molecule has 4 nitrogen and oxygen atoms in total. The quantitative estimate of drug-likeness (QED) is 0.528. The molecule has 5 heteroatoms. The number of hydrogen-bond acceptors (Lipinski definition) is 5. The lowest BCUT2D eigenvalue weighted by Crippen LogP contribution is -2.33. The van der Waals surface area contributed by atoms with Crippen molar-refractivity contribution in [3.8, 4) is 11.5 Å². The fourth-order valence-electron chi connectivity index (χ4n) is 3.98. The van der Waals surface area contributed by atoms with Crippen LogP contribution in [0.1, 0.15) is 35.4 Å². The third-order valence-corrected chi connectivity index (χ3v) is 6.27. The standard InChI is InChI=1S/C24H22N2O2S/c1-27-18-11-7-16(8-12-18)21-15-22-20-5-3-4-6-23(20)28-24(26(22)25-21)17-9-13-19(29-2)14-10-17/h3-14,22,24H,15H2,1-2H3/t22-,24+/m1/s1. The SMILES string of the molecule is COc1ccc(C2=NN3[C@H](C2)c2ccccc2O[C@H]3c2ccc(SC)cc2)cc1. The Morgan fingerprint density at radius 3 is 2.48 bits per heavy atom. The van der Waals surface area contributed by atoms with Crippen LogP contribution in [-0.4, -0.2) is 24.1 Å². The second-order valence-corrected chi connectivity index (χ2v) is 8.04. The summed E-state index contributed by atoms with van der Waals surface area (Å²) in [5.41, 5.74) is 4.50. The van der Waals surface area contributed by atoms with Crippen molar-refractivity contribution in [3.63, 3.8) is 0 Å². The maximum absolute atomic E-state index is 6.42. The number of rotatable bonds is 4. The molecule has 5 rings (SSSR count). The number of methoxy groups -OCH3 is 1. The van der Waals surface area contributed by atoms with Gasteiger partial charge in [-0.05, 0) is 54.3 Å². The van der Waals surface area contributed by atoms with Gasteiger partial charge in [-0.15, -0.1) is 11.8 Å². The molecule has 2 aliphatic rings. The van der Waals surface area contributed by atoms with E-state index in [9.17, 15) is 0 Å². The van der Waals surface area contributed by atoms with Crippen molar-refractivity contribution in [2.24, 2.45) is 5.10 Å². The van der Waals surface area contributed by atoms with Crippen LogP contribution in [0.2, 0.25) is 0 Å². The first-order valence-corrected chi connectivity index (χ1v) is 10.9. The molecule has 2 aliphatic heterocycles. The normalized spacial score (nSPS) is 19.8. The van der Waals surface area contributed by atoms with Gasteiger partial charge in [-0.2, -0.15) is 5.10 Å². The van der Waals surface area contributed by atoms with Crippen LogP contribution in [0, 0.1) is 0 Å². The molecule has 2 heterocycles. The minimum absolute atomic E-state index is 0.169. The summed E-state index contributed by atoms with van der Waals surface area (Å²) in [6, 6.07) is 25.2. The third-order valence-electron chi connectivity index (χ3n) is 5.52. The first-order valence-electron chi connectivity index (χ1n) is 9.66. The van der Waals surface area contributed by atoms with Crippen molar-refractivity contribution >= 4 is 17.5 Å². The zero-order valence-corrected chi connectivity index (χ0v) is 17.2. The van der Waals surface area contributed by atoms with Crippen molar-refractivity contribution < 1.29 is 9.47 Å². The van der Waals surface area contributed by atoms with Gasteiger partial charge in [0.05, 0.1) is 18.9 Å². The lowest BCUT2D eigenvalue weighted by atomic mass is 9.96. The van der Waals surface area contributed by atoms with Gasteiger partial charge >= 0.3 is 0 Å². The summed E-state index contributed by atoms with van der Waals surface area (Å²) >= 11 is 1.74. The number of benzene rings is 3. The Labute approximate surface area is 175 Å². The van der Waals surface area contributed by atoms with E-state index >= 15 is 0 Å². The van der Waals surface area contributed by atoms with Gasteiger partial charge in [0.15, 0.2) is 0 Å². The van der Waals surface area contributed by atoms with Crippen LogP contribution in [0.5, 0.6) is 11.5 Å². The van der Waals surface area contributed by atoms with E-state index in [0.29, 0.717) is 0 Å². The smallest absolute Gasteiger partial charge is 0.213 e. The van der Waals surface area contributed by atoms with Gasteiger partial charge in [-0.25, -0.2) is 5.01 Å². The van der Waals surface area contributed by atoms with Gasteiger partial charge in [0.1, 0.15) is 11.5 Å². The number of hydrazone groups is 1. The van der Waals surface area contributed by atoms with E-state index in [1.165, 1.54) is 10.5 Å². The molecule has 0 radical (unpaired) electrons. The van der Waals surface area contributed by atoms with E-state index in [-0.39, 0.29) is 12.3 Å². The number of para-hydroxylation sites is 1. The summed E-state index contributed by atoms with van der Waals surface area (Å²) in [6.07, 6.45) is 2.71. The second-order valence-electron chi connectivity index (χ2n) is 7.16. The maximum Gasteiger partial charge on any atom is 0.213 e. The summed E-state index contributed by atoms with van der Waals surface area (Å²) in [6.45, 7) is 0. The zero-order valence-electron chi connectivity index (χ0n) is 16.4. The molecule has 2 atom stereocenters. The molecule has 3 aromatic rings. The average molecular weight is 403 g/mol. The summed E-state index contributed by atoms with van der Waals surface area (Å²) in [4.78, 5) is 1.24. The first kappa shape index (κ1) is 18.1. The van der Waals surface area contributed by atoms with Crippen LogP contribution >= 0.6 is 11.8 Å². The fourth-order valence-corrected chi connectivity index (χ4v) is 4.39. The molecule has 0 spiro atoms. The monoisotopic (exact) mass is 402 g/mol. The van der Waals surface area contributed by atoms with Crippen molar-refractivity contribution in [3.05, 3.63) is 89.5 Å². The highest BCUT2D eigenvalue weighted by molar-refractivity contribution is 7.98. The Bertz CT molecular complexity index is 1050. The Hall–Kier alpha value is -2.92. The Morgan fingerprint density at radius 1 is 1.00 bits per heavy atom. The van der Waals surface area contributed by atoms with Crippen molar-refractivity contribution in [2.75, 3.05) is 13.4 Å². The molecule has 0 N–H and O–H groups in total. The zero-order chi connectivity index (χ0) is 19.8. The molecule has 0 bridgehead atoms. The second kappa shape index (κ2) is 7.48. The fraction of sp³-hybridized carbons (Fsp3) is 0.208. The highest BCUT2D eigenvalue weighted by Crippen LogP contribution is 2.47. The van der Waals surface area contributed by atoms with E-state index < -0.39 is 0 Å². The maximum atomic E-state index is 6.42. The third kappa shape index (κ3) is 3.25. The van der Waals surface area contributed by atoms with Gasteiger partial charge in [-0.1, -0.05) is 30.3 Å². The van der Waals surface area contributed by atoms with Crippen LogP contribution in [0.3, 0.4) is 0 Å². The van der Waals surface area contributed by atoms with Crippen LogP contribution in [0.25, 0.3) is 0 Å². The molecule has 0 saturated carbocycles. The van der Waals surface area contributed by atoms with Crippen molar-refractivity contribution in [1.29, 1.82) is 0 Å². The number of ether oxygens (including phenoxy) is 2. The molecule has 0 unspecified atom stereocenters. The molecule has 0 saturated heterocycles. The molecule has 146 valence electrons. The molecule has 0 aromatic heterocycles. The van der Waals surface area contributed by atoms with Gasteiger partial charge < -0.3 is 9.47 Å². The van der Waals surface area contributed by atoms with Crippen LogP contribution in [0.4, 0.5) is 0 Å². The molecule has 29 heavy (non-hydrogen) atoms. The highest BCUT2D eigenvalue weighted by atomic mass is 32.2. The van der Waals surface area contributed by atoms with Gasteiger partial charge in [0, 0.05) is 22.4 Å². The Balaban J connectivity index is 1.54. The molecular weight excluding hydrogens is 380 g/mol. The molecule has 0 amide bonds. The van der Waals surface area contributed by atoms with E-state index in [1.807, 2.05) is 18.2 Å². The Morgan fingerprint density at radius 2 is 1.76 bits per heavy atom. The van der Waals surface area contributed by atoms with E-state index in [0.717, 1.165) is 34.8 Å². The van der Waals surface area contributed by atoms with Crippen molar-refractivity contribution in [1.82, 2.24) is 5.01 Å². The number of fused-ring (bicyclic) bond motifs is 3. The largest absolute Gasteiger partial charge is 0.497 e. The van der Waals surface area contributed by atoms with E-state index in [1.54, 1.807) is 18.9 Å². The average Bonchev–Trinajstić information content (AvgIpc) is 3.24. The minimum atomic E-state index is -0.235. The minimum Gasteiger partial charge on any atom is -0.497 e. The molecule has 3 aromatic carbocycles. The van der Waals surface area contributed by atoms with E-state index in [2.05, 4.69) is 65.9 Å². The summed E-state index contributed by atoms with van der Waals surface area (Å²) in [5.74, 6) is 1.80. The van der Waals surface area contributed by atoms with Gasteiger partial charge in [0.25, 0.3) is 0 Å².